The molecule has 2 atom stereocenters. The Kier molecular flexibility index (Phi) is 6.99. The van der Waals surface area contributed by atoms with Crippen LogP contribution in [-0.2, 0) is 14.3 Å². The highest BCUT2D eigenvalue weighted by molar-refractivity contribution is 5.79. The maximum Gasteiger partial charge on any atom is 0.408 e. The quantitative estimate of drug-likeness (QED) is 0.771. The monoisotopic (exact) mass is 350 g/mol. The van der Waals surface area contributed by atoms with Crippen molar-refractivity contribution in [3.05, 3.63) is 35.9 Å². The van der Waals surface area contributed by atoms with Crippen LogP contribution < -0.4 is 10.6 Å². The summed E-state index contributed by atoms with van der Waals surface area (Å²) in [5, 5.41) is 6.01. The van der Waals surface area contributed by atoms with Gasteiger partial charge in [0.05, 0.1) is 12.6 Å². The first-order chi connectivity index (χ1) is 11.5. The number of methoxy groups -OCH3 is 1. The summed E-state index contributed by atoms with van der Waals surface area (Å²) < 4.78 is 10.2. The van der Waals surface area contributed by atoms with Crippen LogP contribution >= 0.6 is 0 Å². The standard InChI is InChI=1S/C19H30N2O4/c1-13(14-11-9-8-10-12-14)20-15(16(22)24-7)19(5,6)21-17(23)25-18(2,3)4/h8-13,15,20H,1-7H3,(H,21,23)/t13-,15+/m0/s1. The van der Waals surface area contributed by atoms with Gasteiger partial charge in [0, 0.05) is 6.04 Å². The number of amides is 1. The Balaban J connectivity index is 2.93. The largest absolute Gasteiger partial charge is 0.468 e. The molecule has 0 saturated carbocycles. The maximum absolute atomic E-state index is 12.3. The van der Waals surface area contributed by atoms with E-state index in [1.807, 2.05) is 37.3 Å². The molecule has 0 unspecified atom stereocenters. The van der Waals surface area contributed by atoms with Gasteiger partial charge in [0.1, 0.15) is 11.6 Å². The zero-order valence-electron chi connectivity index (χ0n) is 16.2. The minimum Gasteiger partial charge on any atom is -0.468 e. The van der Waals surface area contributed by atoms with Crippen LogP contribution in [0, 0.1) is 0 Å². The topological polar surface area (TPSA) is 76.7 Å². The number of nitrogens with one attached hydrogen (secondary N) is 2. The van der Waals surface area contributed by atoms with Crippen molar-refractivity contribution >= 4 is 12.1 Å². The molecule has 6 heteroatoms. The third-order valence-electron chi connectivity index (χ3n) is 3.70. The van der Waals surface area contributed by atoms with Crippen LogP contribution in [0.25, 0.3) is 0 Å². The van der Waals surface area contributed by atoms with Crippen molar-refractivity contribution in [3.8, 4) is 0 Å². The molecule has 1 aromatic carbocycles. The second kappa shape index (κ2) is 8.34. The van der Waals surface area contributed by atoms with Crippen molar-refractivity contribution in [2.75, 3.05) is 7.11 Å². The molecule has 0 aliphatic heterocycles. The van der Waals surface area contributed by atoms with Crippen molar-refractivity contribution in [2.45, 2.75) is 64.8 Å². The number of ether oxygens (including phenoxy) is 2. The Hall–Kier alpha value is -2.08. The van der Waals surface area contributed by atoms with Gasteiger partial charge in [-0.15, -0.1) is 0 Å². The fourth-order valence-electron chi connectivity index (χ4n) is 2.42. The molecule has 0 aliphatic rings. The second-order valence-electron chi connectivity index (χ2n) is 7.60. The Morgan fingerprint density at radius 2 is 1.60 bits per heavy atom. The van der Waals surface area contributed by atoms with Crippen LogP contribution in [0.3, 0.4) is 0 Å². The minimum absolute atomic E-state index is 0.106. The van der Waals surface area contributed by atoms with Crippen LogP contribution in [-0.4, -0.2) is 36.4 Å². The average molecular weight is 350 g/mol. The lowest BCUT2D eigenvalue weighted by molar-refractivity contribution is -0.145. The van der Waals surface area contributed by atoms with Crippen molar-refractivity contribution in [1.29, 1.82) is 0 Å². The molecule has 0 radical (unpaired) electrons. The van der Waals surface area contributed by atoms with Gasteiger partial charge in [-0.25, -0.2) is 4.79 Å². The maximum atomic E-state index is 12.3. The third-order valence-corrected chi connectivity index (χ3v) is 3.70. The minimum atomic E-state index is -0.918. The molecule has 0 spiro atoms. The fraction of sp³-hybridized carbons (Fsp3) is 0.579. The van der Waals surface area contributed by atoms with E-state index >= 15 is 0 Å². The first kappa shape index (κ1) is 21.0. The van der Waals surface area contributed by atoms with Gasteiger partial charge in [-0.1, -0.05) is 30.3 Å². The van der Waals surface area contributed by atoms with Gasteiger partial charge < -0.3 is 14.8 Å². The average Bonchev–Trinajstić information content (AvgIpc) is 2.49. The molecule has 0 aromatic heterocycles. The van der Waals surface area contributed by atoms with Gasteiger partial charge in [0.15, 0.2) is 0 Å². The molecule has 1 amide bonds. The van der Waals surface area contributed by atoms with Crippen LogP contribution in [0.15, 0.2) is 30.3 Å². The molecule has 0 bridgehead atoms. The number of hydrogen-bond donors (Lipinski definition) is 2. The van der Waals surface area contributed by atoms with Gasteiger partial charge in [-0.3, -0.25) is 10.1 Å². The third kappa shape index (κ3) is 6.74. The summed E-state index contributed by atoms with van der Waals surface area (Å²) in [5.41, 5.74) is -0.506. The Bertz CT molecular complexity index is 579. The first-order valence-electron chi connectivity index (χ1n) is 8.36. The molecule has 2 N–H and O–H groups in total. The summed E-state index contributed by atoms with van der Waals surface area (Å²) in [4.78, 5) is 24.4. The second-order valence-corrected chi connectivity index (χ2v) is 7.60. The Morgan fingerprint density at radius 1 is 1.04 bits per heavy atom. The highest BCUT2D eigenvalue weighted by Crippen LogP contribution is 2.19. The summed E-state index contributed by atoms with van der Waals surface area (Å²) in [6, 6.07) is 8.89. The summed E-state index contributed by atoms with van der Waals surface area (Å²) in [6.45, 7) is 10.8. The van der Waals surface area contributed by atoms with Gasteiger partial charge in [0.2, 0.25) is 0 Å². The highest BCUT2D eigenvalue weighted by Gasteiger charge is 2.39. The molecule has 0 saturated heterocycles. The van der Waals surface area contributed by atoms with Gasteiger partial charge in [0.25, 0.3) is 0 Å². The predicted octanol–water partition coefficient (Wildman–Crippen LogP) is 3.18. The summed E-state index contributed by atoms with van der Waals surface area (Å²) >= 11 is 0. The number of alkyl carbamates (subject to hydrolysis) is 1. The summed E-state index contributed by atoms with van der Waals surface area (Å²) in [7, 11) is 1.33. The molecule has 25 heavy (non-hydrogen) atoms. The number of carbonyl (C=O) groups is 2. The Morgan fingerprint density at radius 3 is 2.08 bits per heavy atom. The predicted molar refractivity (Wildman–Crippen MR) is 97.2 cm³/mol. The van der Waals surface area contributed by atoms with E-state index in [-0.39, 0.29) is 6.04 Å². The molecule has 0 fully saturated rings. The van der Waals surface area contributed by atoms with E-state index in [4.69, 9.17) is 9.47 Å². The van der Waals surface area contributed by atoms with Gasteiger partial charge >= 0.3 is 12.1 Å². The lowest BCUT2D eigenvalue weighted by atomic mass is 9.93. The van der Waals surface area contributed by atoms with Crippen LogP contribution in [0.2, 0.25) is 0 Å². The number of rotatable bonds is 6. The van der Waals surface area contributed by atoms with E-state index in [0.717, 1.165) is 5.56 Å². The number of hydrogen-bond acceptors (Lipinski definition) is 5. The molecule has 6 nitrogen and oxygen atoms in total. The lowest BCUT2D eigenvalue weighted by Gasteiger charge is -2.36. The molecule has 140 valence electrons. The van der Waals surface area contributed by atoms with Crippen molar-refractivity contribution in [3.63, 3.8) is 0 Å². The lowest BCUT2D eigenvalue weighted by Crippen LogP contribution is -2.62. The Labute approximate surface area is 150 Å². The number of carbonyl (C=O) groups excluding carboxylic acids is 2. The molecule has 1 aromatic rings. The van der Waals surface area contributed by atoms with Crippen LogP contribution in [0.5, 0.6) is 0 Å². The normalized spacial score (nSPS) is 14.4. The number of esters is 1. The van der Waals surface area contributed by atoms with E-state index in [1.165, 1.54) is 7.11 Å². The van der Waals surface area contributed by atoms with Gasteiger partial charge in [-0.2, -0.15) is 0 Å². The molecule has 1 rings (SSSR count). The molecule has 0 aliphatic carbocycles. The highest BCUT2D eigenvalue weighted by atomic mass is 16.6. The van der Waals surface area contributed by atoms with E-state index in [1.54, 1.807) is 34.6 Å². The zero-order chi connectivity index (χ0) is 19.3. The smallest absolute Gasteiger partial charge is 0.408 e. The SMILES string of the molecule is COC(=O)[C@@H](N[C@@H](C)c1ccccc1)C(C)(C)NC(=O)OC(C)(C)C. The van der Waals surface area contributed by atoms with Crippen LogP contribution in [0.4, 0.5) is 4.79 Å². The van der Waals surface area contributed by atoms with Crippen LogP contribution in [0.1, 0.15) is 53.1 Å². The van der Waals surface area contributed by atoms with Gasteiger partial charge in [-0.05, 0) is 47.1 Å². The van der Waals surface area contributed by atoms with Crippen molar-refractivity contribution < 1.29 is 19.1 Å². The van der Waals surface area contributed by atoms with E-state index in [0.29, 0.717) is 0 Å². The summed E-state index contributed by atoms with van der Waals surface area (Å²) in [6.07, 6.45) is -0.583. The van der Waals surface area contributed by atoms with Crippen molar-refractivity contribution in [2.24, 2.45) is 0 Å². The molecular weight excluding hydrogens is 320 g/mol. The molecule has 0 heterocycles. The summed E-state index contributed by atoms with van der Waals surface area (Å²) in [5.74, 6) is -0.455. The first-order valence-corrected chi connectivity index (χ1v) is 8.36. The number of benzene rings is 1. The fourth-order valence-corrected chi connectivity index (χ4v) is 2.42. The molecular formula is C19H30N2O4. The van der Waals surface area contributed by atoms with Crippen molar-refractivity contribution in [1.82, 2.24) is 10.6 Å². The van der Waals surface area contributed by atoms with E-state index in [9.17, 15) is 9.59 Å². The van der Waals surface area contributed by atoms with E-state index < -0.39 is 29.2 Å². The van der Waals surface area contributed by atoms with E-state index in [2.05, 4.69) is 10.6 Å². The zero-order valence-corrected chi connectivity index (χ0v) is 16.2.